The lowest BCUT2D eigenvalue weighted by Crippen LogP contribution is -1.93. The fraction of sp³-hybridized carbons (Fsp3) is 0.400. The topological polar surface area (TPSA) is 48.4 Å². The van der Waals surface area contributed by atoms with Crippen molar-refractivity contribution in [3.8, 4) is 0 Å². The van der Waals surface area contributed by atoms with Crippen LogP contribution in [0.25, 0.3) is 0 Å². The van der Waals surface area contributed by atoms with Crippen molar-refractivity contribution < 1.29 is 9.15 Å². The molecule has 0 radical (unpaired) electrons. The van der Waals surface area contributed by atoms with Gasteiger partial charge in [-0.1, -0.05) is 12.2 Å². The van der Waals surface area contributed by atoms with E-state index in [1.165, 1.54) is 0 Å². The zero-order valence-corrected chi connectivity index (χ0v) is 7.82. The van der Waals surface area contributed by atoms with Crippen molar-refractivity contribution in [2.45, 2.75) is 20.1 Å². The van der Waals surface area contributed by atoms with Crippen LogP contribution in [0.5, 0.6) is 0 Å². The maximum absolute atomic E-state index is 5.43. The molecule has 3 heteroatoms. The predicted octanol–water partition coefficient (Wildman–Crippen LogP) is 1.83. The van der Waals surface area contributed by atoms with Crippen molar-refractivity contribution in [3.05, 3.63) is 35.8 Å². The first kappa shape index (κ1) is 10.0. The molecule has 0 atom stereocenters. The molecule has 1 heterocycles. The minimum atomic E-state index is 0.504. The fourth-order valence-electron chi connectivity index (χ4n) is 0.933. The van der Waals surface area contributed by atoms with Gasteiger partial charge in [0.2, 0.25) is 0 Å². The van der Waals surface area contributed by atoms with Gasteiger partial charge in [-0.3, -0.25) is 0 Å². The molecule has 3 nitrogen and oxygen atoms in total. The van der Waals surface area contributed by atoms with Gasteiger partial charge in [-0.2, -0.15) is 0 Å². The van der Waals surface area contributed by atoms with Gasteiger partial charge in [0.15, 0.2) is 0 Å². The zero-order valence-electron chi connectivity index (χ0n) is 7.82. The predicted molar refractivity (Wildman–Crippen MR) is 51.1 cm³/mol. The van der Waals surface area contributed by atoms with Gasteiger partial charge in [-0.25, -0.2) is 0 Å². The Morgan fingerprint density at radius 1 is 1.62 bits per heavy atom. The maximum Gasteiger partial charge on any atom is 0.129 e. The van der Waals surface area contributed by atoms with E-state index >= 15 is 0 Å². The Morgan fingerprint density at radius 3 is 3.08 bits per heavy atom. The lowest BCUT2D eigenvalue weighted by Gasteiger charge is -1.95. The molecule has 2 N–H and O–H groups in total. The van der Waals surface area contributed by atoms with Crippen molar-refractivity contribution >= 4 is 0 Å². The van der Waals surface area contributed by atoms with Crippen LogP contribution in [0.1, 0.15) is 18.2 Å². The standard InChI is InChI=1S/C10H15NO2/c1-2-3-4-12-8-10-5-9(6-11)7-13-10/h2-3,5,7H,4,6,8,11H2,1H3. The van der Waals surface area contributed by atoms with Gasteiger partial charge < -0.3 is 14.9 Å². The van der Waals surface area contributed by atoms with Crippen LogP contribution >= 0.6 is 0 Å². The molecule has 0 unspecified atom stereocenters. The molecule has 1 aromatic heterocycles. The van der Waals surface area contributed by atoms with Gasteiger partial charge in [-0.15, -0.1) is 0 Å². The Balaban J connectivity index is 2.28. The van der Waals surface area contributed by atoms with Gasteiger partial charge in [0.05, 0.1) is 12.9 Å². The van der Waals surface area contributed by atoms with E-state index in [1.54, 1.807) is 6.26 Å². The third-order valence-electron chi connectivity index (χ3n) is 1.64. The van der Waals surface area contributed by atoms with Gasteiger partial charge in [-0.05, 0) is 13.0 Å². The summed E-state index contributed by atoms with van der Waals surface area (Å²) in [5, 5.41) is 0. The summed E-state index contributed by atoms with van der Waals surface area (Å²) in [6.07, 6.45) is 5.56. The monoisotopic (exact) mass is 181 g/mol. The average Bonchev–Trinajstić information content (AvgIpc) is 2.60. The van der Waals surface area contributed by atoms with Crippen molar-refractivity contribution in [1.29, 1.82) is 0 Å². The SMILES string of the molecule is CC=CCOCc1cc(CN)co1. The van der Waals surface area contributed by atoms with Crippen LogP contribution in [0.2, 0.25) is 0 Å². The second-order valence-corrected chi connectivity index (χ2v) is 2.71. The highest BCUT2D eigenvalue weighted by Gasteiger charge is 1.98. The van der Waals surface area contributed by atoms with E-state index in [0.717, 1.165) is 11.3 Å². The Hall–Kier alpha value is -1.06. The number of hydrogen-bond donors (Lipinski definition) is 1. The molecule has 0 saturated carbocycles. The average molecular weight is 181 g/mol. The van der Waals surface area contributed by atoms with Crippen LogP contribution in [0.15, 0.2) is 28.9 Å². The van der Waals surface area contributed by atoms with Gasteiger partial charge in [0.1, 0.15) is 12.4 Å². The van der Waals surface area contributed by atoms with E-state index in [-0.39, 0.29) is 0 Å². The molecule has 0 bridgehead atoms. The Labute approximate surface area is 78.2 Å². The fourth-order valence-corrected chi connectivity index (χ4v) is 0.933. The Bertz CT molecular complexity index is 266. The highest BCUT2D eigenvalue weighted by molar-refractivity contribution is 5.11. The first-order valence-electron chi connectivity index (χ1n) is 4.32. The molecular formula is C10H15NO2. The van der Waals surface area contributed by atoms with Crippen LogP contribution in [0.3, 0.4) is 0 Å². The van der Waals surface area contributed by atoms with E-state index < -0.39 is 0 Å². The molecule has 0 spiro atoms. The summed E-state index contributed by atoms with van der Waals surface area (Å²) in [6, 6.07) is 1.91. The van der Waals surface area contributed by atoms with E-state index in [9.17, 15) is 0 Å². The number of rotatable bonds is 5. The summed E-state index contributed by atoms with van der Waals surface area (Å²) in [5.41, 5.74) is 6.43. The first-order chi connectivity index (χ1) is 6.36. The number of allylic oxidation sites excluding steroid dienone is 1. The van der Waals surface area contributed by atoms with Gasteiger partial charge >= 0.3 is 0 Å². The lowest BCUT2D eigenvalue weighted by atomic mass is 10.3. The summed E-state index contributed by atoms with van der Waals surface area (Å²) in [4.78, 5) is 0. The summed E-state index contributed by atoms with van der Waals surface area (Å²) in [6.45, 7) is 3.60. The highest BCUT2D eigenvalue weighted by Crippen LogP contribution is 2.07. The van der Waals surface area contributed by atoms with Crippen LogP contribution in [-0.2, 0) is 17.9 Å². The lowest BCUT2D eigenvalue weighted by molar-refractivity contribution is 0.131. The summed E-state index contributed by atoms with van der Waals surface area (Å²) >= 11 is 0. The zero-order chi connectivity index (χ0) is 9.52. The largest absolute Gasteiger partial charge is 0.467 e. The third kappa shape index (κ3) is 3.44. The minimum Gasteiger partial charge on any atom is -0.467 e. The van der Waals surface area contributed by atoms with Crippen LogP contribution in [0.4, 0.5) is 0 Å². The Morgan fingerprint density at radius 2 is 2.46 bits per heavy atom. The van der Waals surface area contributed by atoms with Crippen LogP contribution in [-0.4, -0.2) is 6.61 Å². The molecule has 0 amide bonds. The van der Waals surface area contributed by atoms with Crippen molar-refractivity contribution in [3.63, 3.8) is 0 Å². The normalized spacial score (nSPS) is 11.2. The molecule has 0 aliphatic heterocycles. The molecule has 0 saturated heterocycles. The smallest absolute Gasteiger partial charge is 0.129 e. The molecule has 0 aliphatic rings. The quantitative estimate of drug-likeness (QED) is 0.557. The minimum absolute atomic E-state index is 0.504. The Kier molecular flexibility index (Phi) is 4.29. The van der Waals surface area contributed by atoms with Crippen LogP contribution in [0, 0.1) is 0 Å². The van der Waals surface area contributed by atoms with Gasteiger partial charge in [0.25, 0.3) is 0 Å². The highest BCUT2D eigenvalue weighted by atomic mass is 16.5. The molecule has 0 aromatic carbocycles. The number of ether oxygens (including phenoxy) is 1. The molecule has 1 aromatic rings. The summed E-state index contributed by atoms with van der Waals surface area (Å²) in [5.74, 6) is 0.824. The molecule has 72 valence electrons. The summed E-state index contributed by atoms with van der Waals surface area (Å²) in [7, 11) is 0. The first-order valence-corrected chi connectivity index (χ1v) is 4.32. The molecular weight excluding hydrogens is 166 g/mol. The molecule has 13 heavy (non-hydrogen) atoms. The van der Waals surface area contributed by atoms with E-state index in [2.05, 4.69) is 0 Å². The molecule has 0 fully saturated rings. The van der Waals surface area contributed by atoms with Crippen molar-refractivity contribution in [2.24, 2.45) is 5.73 Å². The third-order valence-corrected chi connectivity index (χ3v) is 1.64. The van der Waals surface area contributed by atoms with Gasteiger partial charge in [0, 0.05) is 12.1 Å². The van der Waals surface area contributed by atoms with Crippen molar-refractivity contribution in [1.82, 2.24) is 0 Å². The number of furan rings is 1. The van der Waals surface area contributed by atoms with E-state index in [0.29, 0.717) is 19.8 Å². The molecule has 0 aliphatic carbocycles. The maximum atomic E-state index is 5.43. The van der Waals surface area contributed by atoms with Crippen molar-refractivity contribution in [2.75, 3.05) is 6.61 Å². The van der Waals surface area contributed by atoms with Crippen LogP contribution < -0.4 is 5.73 Å². The summed E-state index contributed by atoms with van der Waals surface area (Å²) < 4.78 is 10.5. The number of hydrogen-bond acceptors (Lipinski definition) is 3. The second-order valence-electron chi connectivity index (χ2n) is 2.71. The second kappa shape index (κ2) is 5.56. The molecule has 1 rings (SSSR count). The number of nitrogens with two attached hydrogens (primary N) is 1. The van der Waals surface area contributed by atoms with E-state index in [1.807, 2.05) is 25.1 Å². The van der Waals surface area contributed by atoms with E-state index in [4.69, 9.17) is 14.9 Å².